The summed E-state index contributed by atoms with van der Waals surface area (Å²) in [6.07, 6.45) is 2.57. The number of rotatable bonds is 4. The van der Waals surface area contributed by atoms with Crippen molar-refractivity contribution in [2.75, 3.05) is 26.4 Å². The van der Waals surface area contributed by atoms with Gasteiger partial charge in [0.2, 0.25) is 0 Å². The van der Waals surface area contributed by atoms with Gasteiger partial charge in [0.1, 0.15) is 6.67 Å². The SMILES string of the molecule is CC(C)OC1CC2COCC(C1)N2CCF. The molecule has 2 saturated heterocycles. The lowest BCUT2D eigenvalue weighted by Crippen LogP contribution is -2.59. The smallest absolute Gasteiger partial charge is 0.102 e. The molecule has 0 amide bonds. The summed E-state index contributed by atoms with van der Waals surface area (Å²) >= 11 is 0. The Kier molecular flexibility index (Phi) is 4.16. The molecule has 2 unspecified atom stereocenters. The maximum absolute atomic E-state index is 12.5. The standard InChI is InChI=1S/C12H22FNO2/c1-9(2)16-12-5-10-7-15-8-11(6-12)14(10)4-3-13/h9-12H,3-8H2,1-2H3. The molecule has 2 aliphatic heterocycles. The number of alkyl halides is 1. The highest BCUT2D eigenvalue weighted by atomic mass is 19.1. The minimum absolute atomic E-state index is 0.261. The zero-order chi connectivity index (χ0) is 11.5. The quantitative estimate of drug-likeness (QED) is 0.734. The summed E-state index contributed by atoms with van der Waals surface area (Å²) < 4.78 is 23.9. The molecule has 0 aromatic heterocycles. The molecule has 94 valence electrons. The van der Waals surface area contributed by atoms with Gasteiger partial charge in [-0.2, -0.15) is 0 Å². The Balaban J connectivity index is 1.94. The van der Waals surface area contributed by atoms with Gasteiger partial charge in [-0.1, -0.05) is 0 Å². The number of halogens is 1. The van der Waals surface area contributed by atoms with Crippen molar-refractivity contribution in [3.63, 3.8) is 0 Å². The molecule has 2 rings (SSSR count). The second-order valence-corrected chi connectivity index (χ2v) is 5.05. The molecule has 2 heterocycles. The van der Waals surface area contributed by atoms with Crippen LogP contribution >= 0.6 is 0 Å². The van der Waals surface area contributed by atoms with Crippen LogP contribution in [-0.4, -0.2) is 55.6 Å². The highest BCUT2D eigenvalue weighted by Gasteiger charge is 2.39. The highest BCUT2D eigenvalue weighted by molar-refractivity contribution is 4.92. The minimum atomic E-state index is -0.261. The van der Waals surface area contributed by atoms with E-state index in [4.69, 9.17) is 9.47 Å². The summed E-state index contributed by atoms with van der Waals surface area (Å²) in [6.45, 7) is 5.89. The second-order valence-electron chi connectivity index (χ2n) is 5.05. The number of piperidine rings is 1. The third kappa shape index (κ3) is 2.73. The predicted molar refractivity (Wildman–Crippen MR) is 60.3 cm³/mol. The second kappa shape index (κ2) is 5.43. The lowest BCUT2D eigenvalue weighted by atomic mass is 9.92. The van der Waals surface area contributed by atoms with Crippen molar-refractivity contribution < 1.29 is 13.9 Å². The largest absolute Gasteiger partial charge is 0.378 e. The molecule has 0 saturated carbocycles. The Morgan fingerprint density at radius 2 is 1.94 bits per heavy atom. The van der Waals surface area contributed by atoms with Crippen LogP contribution in [0.2, 0.25) is 0 Å². The first-order chi connectivity index (χ1) is 7.70. The molecule has 4 heteroatoms. The lowest BCUT2D eigenvalue weighted by Gasteiger charge is -2.48. The van der Waals surface area contributed by atoms with Gasteiger partial charge < -0.3 is 9.47 Å². The zero-order valence-corrected chi connectivity index (χ0v) is 10.2. The third-order valence-corrected chi connectivity index (χ3v) is 3.44. The summed E-state index contributed by atoms with van der Waals surface area (Å²) in [7, 11) is 0. The number of hydrogen-bond donors (Lipinski definition) is 0. The van der Waals surface area contributed by atoms with Gasteiger partial charge in [0.25, 0.3) is 0 Å². The Labute approximate surface area is 96.9 Å². The number of morpholine rings is 1. The van der Waals surface area contributed by atoms with E-state index in [2.05, 4.69) is 18.7 Å². The molecule has 2 fully saturated rings. The molecule has 2 aliphatic rings. The van der Waals surface area contributed by atoms with E-state index >= 15 is 0 Å². The van der Waals surface area contributed by atoms with Crippen molar-refractivity contribution in [3.8, 4) is 0 Å². The summed E-state index contributed by atoms with van der Waals surface area (Å²) in [6, 6.07) is 0.707. The van der Waals surface area contributed by atoms with Gasteiger partial charge in [-0.25, -0.2) is 4.39 Å². The fourth-order valence-electron chi connectivity index (χ4n) is 2.90. The molecular weight excluding hydrogens is 209 g/mol. The van der Waals surface area contributed by atoms with Gasteiger partial charge >= 0.3 is 0 Å². The van der Waals surface area contributed by atoms with Crippen LogP contribution in [-0.2, 0) is 9.47 Å². The molecule has 2 bridgehead atoms. The molecule has 0 aromatic rings. The third-order valence-electron chi connectivity index (χ3n) is 3.44. The van der Waals surface area contributed by atoms with Crippen LogP contribution in [0.15, 0.2) is 0 Å². The van der Waals surface area contributed by atoms with Gasteiger partial charge in [-0.15, -0.1) is 0 Å². The van der Waals surface area contributed by atoms with Gasteiger partial charge in [-0.05, 0) is 26.7 Å². The van der Waals surface area contributed by atoms with E-state index in [0.29, 0.717) is 24.7 Å². The molecule has 2 atom stereocenters. The lowest BCUT2D eigenvalue weighted by molar-refractivity contribution is -0.129. The average Bonchev–Trinajstić information content (AvgIpc) is 2.18. The van der Waals surface area contributed by atoms with Crippen LogP contribution in [0.4, 0.5) is 4.39 Å². The van der Waals surface area contributed by atoms with Crippen LogP contribution in [0.5, 0.6) is 0 Å². The molecular formula is C12H22FNO2. The molecule has 16 heavy (non-hydrogen) atoms. The first-order valence-corrected chi connectivity index (χ1v) is 6.25. The Bertz CT molecular complexity index is 211. The predicted octanol–water partition coefficient (Wildman–Crippen LogP) is 1.61. The van der Waals surface area contributed by atoms with Gasteiger partial charge in [0.05, 0.1) is 25.4 Å². The van der Waals surface area contributed by atoms with Crippen LogP contribution in [0, 0.1) is 0 Å². The first-order valence-electron chi connectivity index (χ1n) is 6.25. The fourth-order valence-corrected chi connectivity index (χ4v) is 2.90. The van der Waals surface area contributed by atoms with E-state index in [-0.39, 0.29) is 12.8 Å². The van der Waals surface area contributed by atoms with Crippen LogP contribution in [0.1, 0.15) is 26.7 Å². The van der Waals surface area contributed by atoms with Crippen molar-refractivity contribution in [3.05, 3.63) is 0 Å². The molecule has 0 aromatic carbocycles. The van der Waals surface area contributed by atoms with Gasteiger partial charge in [-0.3, -0.25) is 4.90 Å². The van der Waals surface area contributed by atoms with E-state index in [1.54, 1.807) is 0 Å². The molecule has 3 nitrogen and oxygen atoms in total. The van der Waals surface area contributed by atoms with Crippen molar-refractivity contribution in [1.29, 1.82) is 0 Å². The average molecular weight is 231 g/mol. The van der Waals surface area contributed by atoms with Crippen molar-refractivity contribution in [2.45, 2.75) is 51.0 Å². The van der Waals surface area contributed by atoms with Crippen molar-refractivity contribution in [2.24, 2.45) is 0 Å². The molecule has 0 radical (unpaired) electrons. The van der Waals surface area contributed by atoms with Gasteiger partial charge in [0.15, 0.2) is 0 Å². The first kappa shape index (κ1) is 12.3. The Morgan fingerprint density at radius 1 is 1.31 bits per heavy atom. The normalized spacial score (nSPS) is 35.6. The Hall–Kier alpha value is -0.190. The number of hydrogen-bond acceptors (Lipinski definition) is 3. The Morgan fingerprint density at radius 3 is 2.44 bits per heavy atom. The molecule has 0 aliphatic carbocycles. The van der Waals surface area contributed by atoms with Crippen LogP contribution < -0.4 is 0 Å². The zero-order valence-electron chi connectivity index (χ0n) is 10.2. The van der Waals surface area contributed by atoms with Crippen molar-refractivity contribution in [1.82, 2.24) is 4.90 Å². The maximum atomic E-state index is 12.5. The van der Waals surface area contributed by atoms with E-state index in [9.17, 15) is 4.39 Å². The highest BCUT2D eigenvalue weighted by Crippen LogP contribution is 2.29. The fraction of sp³-hybridized carbons (Fsp3) is 1.00. The monoisotopic (exact) mass is 231 g/mol. The molecule has 0 spiro atoms. The minimum Gasteiger partial charge on any atom is -0.378 e. The number of fused-ring (bicyclic) bond motifs is 2. The van der Waals surface area contributed by atoms with Gasteiger partial charge in [0, 0.05) is 18.6 Å². The van der Waals surface area contributed by atoms with E-state index in [1.165, 1.54) is 0 Å². The van der Waals surface area contributed by atoms with Crippen LogP contribution in [0.3, 0.4) is 0 Å². The summed E-state index contributed by atoms with van der Waals surface area (Å²) in [5.74, 6) is 0. The van der Waals surface area contributed by atoms with E-state index in [1.807, 2.05) is 0 Å². The number of nitrogens with zero attached hydrogens (tertiary/aromatic N) is 1. The summed E-state index contributed by atoms with van der Waals surface area (Å²) in [4.78, 5) is 2.27. The summed E-state index contributed by atoms with van der Waals surface area (Å²) in [5.41, 5.74) is 0. The number of ether oxygens (including phenoxy) is 2. The van der Waals surface area contributed by atoms with E-state index < -0.39 is 0 Å². The maximum Gasteiger partial charge on any atom is 0.102 e. The van der Waals surface area contributed by atoms with Crippen molar-refractivity contribution >= 4 is 0 Å². The summed E-state index contributed by atoms with van der Waals surface area (Å²) in [5, 5.41) is 0. The molecule has 0 N–H and O–H groups in total. The topological polar surface area (TPSA) is 21.7 Å². The van der Waals surface area contributed by atoms with Crippen LogP contribution in [0.25, 0.3) is 0 Å². The van der Waals surface area contributed by atoms with E-state index in [0.717, 1.165) is 26.1 Å².